The zero-order valence-electron chi connectivity index (χ0n) is 12.3. The number of amides is 1. The van der Waals surface area contributed by atoms with Gasteiger partial charge in [-0.05, 0) is 40.4 Å². The van der Waals surface area contributed by atoms with E-state index in [1.807, 2.05) is 24.5 Å². The Labute approximate surface area is 140 Å². The Balaban J connectivity index is 1.41. The molecule has 23 heavy (non-hydrogen) atoms. The zero-order chi connectivity index (χ0) is 15.8. The minimum absolute atomic E-state index is 0.197. The molecule has 1 atom stereocenters. The summed E-state index contributed by atoms with van der Waals surface area (Å²) in [7, 11) is 0. The normalized spacial score (nSPS) is 17.2. The van der Waals surface area contributed by atoms with E-state index in [2.05, 4.69) is 40.9 Å². The molecule has 0 aliphatic carbocycles. The van der Waals surface area contributed by atoms with E-state index in [0.717, 1.165) is 29.7 Å². The van der Waals surface area contributed by atoms with Crippen LogP contribution in [0.1, 0.15) is 22.9 Å². The lowest BCUT2D eigenvalue weighted by atomic mass is 9.99. The van der Waals surface area contributed by atoms with Gasteiger partial charge in [-0.1, -0.05) is 0 Å². The van der Waals surface area contributed by atoms with E-state index < -0.39 is 0 Å². The molecule has 0 aromatic carbocycles. The number of hydrogen-bond donors (Lipinski definition) is 1. The third kappa shape index (κ3) is 2.86. The summed E-state index contributed by atoms with van der Waals surface area (Å²) in [6.45, 7) is 1.51. The van der Waals surface area contributed by atoms with E-state index in [-0.39, 0.29) is 11.7 Å². The van der Waals surface area contributed by atoms with E-state index >= 15 is 0 Å². The first kappa shape index (κ1) is 14.4. The fourth-order valence-electron chi connectivity index (χ4n) is 2.87. The van der Waals surface area contributed by atoms with E-state index in [4.69, 9.17) is 0 Å². The van der Waals surface area contributed by atoms with Crippen LogP contribution >= 0.6 is 15.9 Å². The molecule has 1 aliphatic rings. The highest BCUT2D eigenvalue weighted by molar-refractivity contribution is 9.10. The van der Waals surface area contributed by atoms with Crippen molar-refractivity contribution in [1.82, 2.24) is 29.5 Å². The average molecular weight is 375 g/mol. The fourth-order valence-corrected chi connectivity index (χ4v) is 3.20. The second-order valence-electron chi connectivity index (χ2n) is 5.70. The maximum atomic E-state index is 12.3. The molecule has 1 aliphatic heterocycles. The first-order chi connectivity index (χ1) is 11.2. The van der Waals surface area contributed by atoms with Crippen molar-refractivity contribution in [3.63, 3.8) is 0 Å². The Hall–Kier alpha value is -2.22. The van der Waals surface area contributed by atoms with Crippen LogP contribution in [0.2, 0.25) is 0 Å². The van der Waals surface area contributed by atoms with Gasteiger partial charge in [0.2, 0.25) is 5.82 Å². The summed E-state index contributed by atoms with van der Waals surface area (Å²) in [6, 6.07) is 3.69. The van der Waals surface area contributed by atoms with Crippen molar-refractivity contribution >= 4 is 27.5 Å². The van der Waals surface area contributed by atoms with E-state index in [1.54, 1.807) is 10.7 Å². The van der Waals surface area contributed by atoms with Gasteiger partial charge >= 0.3 is 0 Å². The quantitative estimate of drug-likeness (QED) is 0.756. The molecule has 0 spiro atoms. The van der Waals surface area contributed by atoms with E-state index in [1.165, 1.54) is 0 Å². The maximum absolute atomic E-state index is 12.3. The highest BCUT2D eigenvalue weighted by atomic mass is 79.9. The predicted molar refractivity (Wildman–Crippen MR) is 87.1 cm³/mol. The minimum Gasteiger partial charge on any atom is -0.349 e. The van der Waals surface area contributed by atoms with Gasteiger partial charge in [0.15, 0.2) is 5.65 Å². The number of carbonyl (C=O) groups excluding carboxylic acids is 1. The summed E-state index contributed by atoms with van der Waals surface area (Å²) in [5.74, 6) is 1.50. The first-order valence-corrected chi connectivity index (χ1v) is 8.28. The van der Waals surface area contributed by atoms with Crippen molar-refractivity contribution in [2.24, 2.45) is 5.92 Å². The molecule has 1 N–H and O–H groups in total. The lowest BCUT2D eigenvalue weighted by Crippen LogP contribution is -2.34. The summed E-state index contributed by atoms with van der Waals surface area (Å²) in [6.07, 6.45) is 7.58. The van der Waals surface area contributed by atoms with Gasteiger partial charge in [-0.15, -0.1) is 5.10 Å². The van der Waals surface area contributed by atoms with Crippen LogP contribution in [0.25, 0.3) is 5.65 Å². The van der Waals surface area contributed by atoms with Crippen molar-refractivity contribution in [3.05, 3.63) is 46.8 Å². The number of hydrogen-bond acceptors (Lipinski definition) is 4. The molecule has 0 fully saturated rings. The number of carbonyl (C=O) groups is 1. The largest absolute Gasteiger partial charge is 0.349 e. The number of imidazole rings is 1. The van der Waals surface area contributed by atoms with Crippen LogP contribution in [0.3, 0.4) is 0 Å². The molecule has 0 radical (unpaired) electrons. The molecule has 0 bridgehead atoms. The van der Waals surface area contributed by atoms with E-state index in [9.17, 15) is 4.79 Å². The van der Waals surface area contributed by atoms with E-state index in [0.29, 0.717) is 18.1 Å². The van der Waals surface area contributed by atoms with Crippen molar-refractivity contribution in [2.45, 2.75) is 19.4 Å². The van der Waals surface area contributed by atoms with Gasteiger partial charge in [0.05, 0.1) is 0 Å². The van der Waals surface area contributed by atoms with Gasteiger partial charge in [-0.25, -0.2) is 14.5 Å². The van der Waals surface area contributed by atoms with Crippen molar-refractivity contribution < 1.29 is 4.79 Å². The third-order valence-electron chi connectivity index (χ3n) is 4.08. The second kappa shape index (κ2) is 5.77. The van der Waals surface area contributed by atoms with Crippen LogP contribution in [-0.2, 0) is 13.0 Å². The lowest BCUT2D eigenvalue weighted by molar-refractivity contribution is 0.0933. The Kier molecular flexibility index (Phi) is 3.60. The number of nitrogens with one attached hydrogen (secondary N) is 1. The molecule has 3 aromatic rings. The predicted octanol–water partition coefficient (Wildman–Crippen LogP) is 1.68. The number of fused-ring (bicyclic) bond motifs is 2. The van der Waals surface area contributed by atoms with Crippen LogP contribution in [0.15, 0.2) is 35.2 Å². The standard InChI is InChI=1S/C15H15BrN6O/c16-11-2-4-13-19-14(20-22(13)9-11)15(23)18-7-10-1-3-12-17-5-6-21(12)8-10/h2,4-6,9-10H,1,3,7-8H2,(H,18,23). The van der Waals surface area contributed by atoms with Crippen LogP contribution in [-0.4, -0.2) is 36.6 Å². The summed E-state index contributed by atoms with van der Waals surface area (Å²) >= 11 is 3.37. The van der Waals surface area contributed by atoms with Crippen molar-refractivity contribution in [1.29, 1.82) is 0 Å². The van der Waals surface area contributed by atoms with Gasteiger partial charge in [0, 0.05) is 42.6 Å². The summed E-state index contributed by atoms with van der Waals surface area (Å²) in [4.78, 5) is 20.8. The molecule has 4 rings (SSSR count). The monoisotopic (exact) mass is 374 g/mol. The molecule has 4 heterocycles. The van der Waals surface area contributed by atoms with Crippen LogP contribution in [0.5, 0.6) is 0 Å². The van der Waals surface area contributed by atoms with Crippen molar-refractivity contribution in [2.75, 3.05) is 6.54 Å². The highest BCUT2D eigenvalue weighted by Crippen LogP contribution is 2.18. The molecule has 3 aromatic heterocycles. The van der Waals surface area contributed by atoms with Crippen LogP contribution < -0.4 is 5.32 Å². The number of pyridine rings is 1. The molecule has 118 valence electrons. The first-order valence-electron chi connectivity index (χ1n) is 7.49. The number of aromatic nitrogens is 5. The van der Waals surface area contributed by atoms with Gasteiger partial charge in [-0.2, -0.15) is 0 Å². The number of nitrogens with zero attached hydrogens (tertiary/aromatic N) is 5. The van der Waals surface area contributed by atoms with Crippen LogP contribution in [0.4, 0.5) is 0 Å². The molecule has 1 unspecified atom stereocenters. The van der Waals surface area contributed by atoms with Gasteiger partial charge in [-0.3, -0.25) is 4.79 Å². The smallest absolute Gasteiger partial charge is 0.291 e. The Bertz CT molecular complexity index is 870. The lowest BCUT2D eigenvalue weighted by Gasteiger charge is -2.23. The fraction of sp³-hybridized carbons (Fsp3) is 0.333. The molecule has 7 nitrogen and oxygen atoms in total. The SMILES string of the molecule is O=C(NCC1CCc2nccn2C1)c1nc2ccc(Br)cn2n1. The zero-order valence-corrected chi connectivity index (χ0v) is 13.9. The minimum atomic E-state index is -0.235. The number of rotatable bonds is 3. The highest BCUT2D eigenvalue weighted by Gasteiger charge is 2.20. The third-order valence-corrected chi connectivity index (χ3v) is 4.55. The number of halogens is 1. The summed E-state index contributed by atoms with van der Waals surface area (Å²) in [5, 5.41) is 7.16. The molecule has 0 saturated carbocycles. The molecular weight excluding hydrogens is 360 g/mol. The maximum Gasteiger partial charge on any atom is 0.291 e. The molecule has 1 amide bonds. The summed E-state index contributed by atoms with van der Waals surface area (Å²) < 4.78 is 4.64. The van der Waals surface area contributed by atoms with Crippen LogP contribution in [0, 0.1) is 5.92 Å². The second-order valence-corrected chi connectivity index (χ2v) is 6.61. The molecule has 8 heteroatoms. The Morgan fingerprint density at radius 1 is 1.43 bits per heavy atom. The topological polar surface area (TPSA) is 77.1 Å². The van der Waals surface area contributed by atoms with Gasteiger partial charge in [0.25, 0.3) is 5.91 Å². The molecule has 0 saturated heterocycles. The van der Waals surface area contributed by atoms with Crippen molar-refractivity contribution in [3.8, 4) is 0 Å². The van der Waals surface area contributed by atoms with Gasteiger partial charge in [0.1, 0.15) is 5.82 Å². The summed E-state index contributed by atoms with van der Waals surface area (Å²) in [5.41, 5.74) is 0.652. The Morgan fingerprint density at radius 3 is 3.26 bits per heavy atom. The molecular formula is C15H15BrN6O. The number of aryl methyl sites for hydroxylation is 1. The van der Waals surface area contributed by atoms with Gasteiger partial charge < -0.3 is 9.88 Å². The Morgan fingerprint density at radius 2 is 2.35 bits per heavy atom. The average Bonchev–Trinajstić information content (AvgIpc) is 3.17.